The monoisotopic (exact) mass is 318 g/mol. The molecule has 1 aliphatic heterocycles. The molecule has 1 atom stereocenters. The molecule has 1 amide bonds. The number of nitrogens with zero attached hydrogens (tertiary/aromatic N) is 1. The molecule has 2 aliphatic rings. The average molecular weight is 318 g/mol. The smallest absolute Gasteiger partial charge is 0.311 e. The standard InChI is InChI=1S/C17H22N2O4/c1-10-13-11(5-3-6-12(13)20)18-14(10)15(21)19-8-4-7-17(2,9-19)16(22)23/h18H,3-9H2,1-2H3,(H,22,23). The van der Waals surface area contributed by atoms with Gasteiger partial charge in [0.05, 0.1) is 5.41 Å². The predicted molar refractivity (Wildman–Crippen MR) is 83.7 cm³/mol. The minimum Gasteiger partial charge on any atom is -0.481 e. The fourth-order valence-electron chi connectivity index (χ4n) is 3.73. The largest absolute Gasteiger partial charge is 0.481 e. The van der Waals surface area contributed by atoms with Crippen LogP contribution >= 0.6 is 0 Å². The zero-order valence-corrected chi connectivity index (χ0v) is 13.6. The Kier molecular flexibility index (Phi) is 3.78. The molecule has 1 aliphatic carbocycles. The van der Waals surface area contributed by atoms with Crippen molar-refractivity contribution in [3.63, 3.8) is 0 Å². The number of aromatic amines is 1. The number of rotatable bonds is 2. The number of carboxylic acid groups (broad SMARTS) is 1. The van der Waals surface area contributed by atoms with Gasteiger partial charge in [0, 0.05) is 30.8 Å². The fourth-order valence-corrected chi connectivity index (χ4v) is 3.73. The number of aliphatic carboxylic acids is 1. The molecular formula is C17H22N2O4. The number of H-pyrrole nitrogens is 1. The van der Waals surface area contributed by atoms with Crippen LogP contribution in [-0.2, 0) is 11.2 Å². The summed E-state index contributed by atoms with van der Waals surface area (Å²) < 4.78 is 0. The van der Waals surface area contributed by atoms with Crippen molar-refractivity contribution < 1.29 is 19.5 Å². The number of amides is 1. The summed E-state index contributed by atoms with van der Waals surface area (Å²) in [6.07, 6.45) is 3.36. The maximum absolute atomic E-state index is 12.8. The lowest BCUT2D eigenvalue weighted by atomic mass is 9.82. The van der Waals surface area contributed by atoms with Gasteiger partial charge in [-0.1, -0.05) is 0 Å². The lowest BCUT2D eigenvalue weighted by Gasteiger charge is -2.37. The minimum absolute atomic E-state index is 0.0908. The predicted octanol–water partition coefficient (Wildman–Crippen LogP) is 2.17. The maximum atomic E-state index is 12.8. The summed E-state index contributed by atoms with van der Waals surface area (Å²) in [4.78, 5) is 41.1. The molecule has 124 valence electrons. The summed E-state index contributed by atoms with van der Waals surface area (Å²) in [5.41, 5.74) is 1.76. The van der Waals surface area contributed by atoms with Crippen molar-refractivity contribution in [3.8, 4) is 0 Å². The molecule has 2 heterocycles. The van der Waals surface area contributed by atoms with Crippen molar-refractivity contribution in [3.05, 3.63) is 22.5 Å². The number of likely N-dealkylation sites (tertiary alicyclic amines) is 1. The molecular weight excluding hydrogens is 296 g/mol. The van der Waals surface area contributed by atoms with Crippen LogP contribution in [0.4, 0.5) is 0 Å². The Morgan fingerprint density at radius 1 is 1.26 bits per heavy atom. The summed E-state index contributed by atoms with van der Waals surface area (Å²) in [7, 11) is 0. The van der Waals surface area contributed by atoms with E-state index in [2.05, 4.69) is 4.98 Å². The highest BCUT2D eigenvalue weighted by Gasteiger charge is 2.40. The van der Waals surface area contributed by atoms with E-state index >= 15 is 0 Å². The maximum Gasteiger partial charge on any atom is 0.311 e. The topological polar surface area (TPSA) is 90.5 Å². The first-order chi connectivity index (χ1) is 10.8. The van der Waals surface area contributed by atoms with E-state index in [-0.39, 0.29) is 18.2 Å². The van der Waals surface area contributed by atoms with Crippen LogP contribution in [0.5, 0.6) is 0 Å². The number of carboxylic acids is 1. The summed E-state index contributed by atoms with van der Waals surface area (Å²) in [6.45, 7) is 4.24. The third-order valence-electron chi connectivity index (χ3n) is 5.15. The van der Waals surface area contributed by atoms with Gasteiger partial charge in [0.25, 0.3) is 5.91 Å². The first-order valence-corrected chi connectivity index (χ1v) is 8.11. The Bertz CT molecular complexity index is 691. The lowest BCUT2D eigenvalue weighted by molar-refractivity contribution is -0.150. The van der Waals surface area contributed by atoms with E-state index in [0.29, 0.717) is 42.6 Å². The molecule has 1 aromatic heterocycles. The summed E-state index contributed by atoms with van der Waals surface area (Å²) in [5.74, 6) is -0.974. The number of carbonyl (C=O) groups excluding carboxylic acids is 2. The molecule has 0 aromatic carbocycles. The van der Waals surface area contributed by atoms with Crippen LogP contribution in [-0.4, -0.2) is 45.7 Å². The number of fused-ring (bicyclic) bond motifs is 1. The van der Waals surface area contributed by atoms with Crippen molar-refractivity contribution in [1.82, 2.24) is 9.88 Å². The molecule has 23 heavy (non-hydrogen) atoms. The highest BCUT2D eigenvalue weighted by molar-refractivity contribution is 6.04. The number of hydrogen-bond acceptors (Lipinski definition) is 3. The second kappa shape index (κ2) is 5.51. The average Bonchev–Trinajstić information content (AvgIpc) is 2.85. The molecule has 0 spiro atoms. The highest BCUT2D eigenvalue weighted by atomic mass is 16.4. The molecule has 2 N–H and O–H groups in total. The number of ketones is 1. The first-order valence-electron chi connectivity index (χ1n) is 8.11. The zero-order valence-electron chi connectivity index (χ0n) is 13.6. The molecule has 1 aromatic rings. The van der Waals surface area contributed by atoms with E-state index in [1.807, 2.05) is 0 Å². The van der Waals surface area contributed by atoms with E-state index in [9.17, 15) is 19.5 Å². The van der Waals surface area contributed by atoms with Crippen LogP contribution in [0.1, 0.15) is 64.7 Å². The normalized spacial score (nSPS) is 24.4. The van der Waals surface area contributed by atoms with Gasteiger partial charge in [-0.25, -0.2) is 0 Å². The molecule has 1 unspecified atom stereocenters. The number of hydrogen-bond donors (Lipinski definition) is 2. The van der Waals surface area contributed by atoms with Gasteiger partial charge in [-0.05, 0) is 45.1 Å². The van der Waals surface area contributed by atoms with Crippen LogP contribution in [0.3, 0.4) is 0 Å². The number of piperidine rings is 1. The number of aromatic nitrogens is 1. The quantitative estimate of drug-likeness (QED) is 0.874. The molecule has 0 bridgehead atoms. The Hall–Kier alpha value is -2.11. The van der Waals surface area contributed by atoms with Crippen molar-refractivity contribution >= 4 is 17.7 Å². The summed E-state index contributed by atoms with van der Waals surface area (Å²) in [6, 6.07) is 0. The highest BCUT2D eigenvalue weighted by Crippen LogP contribution is 2.32. The lowest BCUT2D eigenvalue weighted by Crippen LogP contribution is -2.48. The number of aryl methyl sites for hydroxylation is 1. The van der Waals surface area contributed by atoms with Crippen LogP contribution < -0.4 is 0 Å². The third kappa shape index (κ3) is 2.56. The van der Waals surface area contributed by atoms with E-state index in [1.54, 1.807) is 18.7 Å². The number of Topliss-reactive ketones (excluding diaryl/α,β-unsaturated/α-hetero) is 1. The van der Waals surface area contributed by atoms with Gasteiger partial charge in [0.2, 0.25) is 0 Å². The fraction of sp³-hybridized carbons (Fsp3) is 0.588. The van der Waals surface area contributed by atoms with E-state index in [0.717, 1.165) is 18.5 Å². The Morgan fingerprint density at radius 3 is 2.65 bits per heavy atom. The second-order valence-corrected chi connectivity index (χ2v) is 6.95. The van der Waals surface area contributed by atoms with Crippen molar-refractivity contribution in [2.24, 2.45) is 5.41 Å². The summed E-state index contributed by atoms with van der Waals surface area (Å²) in [5, 5.41) is 9.40. The van der Waals surface area contributed by atoms with E-state index in [4.69, 9.17) is 0 Å². The van der Waals surface area contributed by atoms with Gasteiger partial charge in [0.15, 0.2) is 5.78 Å². The van der Waals surface area contributed by atoms with Crippen LogP contribution in [0, 0.1) is 12.3 Å². The van der Waals surface area contributed by atoms with Gasteiger partial charge in [0.1, 0.15) is 5.69 Å². The Labute approximate surface area is 134 Å². The Balaban J connectivity index is 1.89. The van der Waals surface area contributed by atoms with Gasteiger partial charge in [-0.3, -0.25) is 14.4 Å². The SMILES string of the molecule is Cc1c(C(=O)N2CCCC(C)(C(=O)O)C2)[nH]c2c1C(=O)CCC2. The van der Waals surface area contributed by atoms with Crippen LogP contribution in [0.15, 0.2) is 0 Å². The van der Waals surface area contributed by atoms with Gasteiger partial charge < -0.3 is 15.0 Å². The molecule has 1 fully saturated rings. The first kappa shape index (κ1) is 15.8. The summed E-state index contributed by atoms with van der Waals surface area (Å²) >= 11 is 0. The molecule has 3 rings (SSSR count). The van der Waals surface area contributed by atoms with Gasteiger partial charge >= 0.3 is 5.97 Å². The van der Waals surface area contributed by atoms with E-state index < -0.39 is 11.4 Å². The molecule has 1 saturated heterocycles. The van der Waals surface area contributed by atoms with Gasteiger partial charge in [-0.2, -0.15) is 0 Å². The Morgan fingerprint density at radius 2 is 2.00 bits per heavy atom. The second-order valence-electron chi connectivity index (χ2n) is 6.95. The molecule has 6 heteroatoms. The number of carbonyl (C=O) groups is 3. The van der Waals surface area contributed by atoms with Crippen molar-refractivity contribution in [2.45, 2.75) is 46.0 Å². The third-order valence-corrected chi connectivity index (χ3v) is 5.15. The molecule has 0 saturated carbocycles. The minimum atomic E-state index is -0.899. The number of nitrogens with one attached hydrogen (secondary N) is 1. The van der Waals surface area contributed by atoms with Crippen molar-refractivity contribution in [2.75, 3.05) is 13.1 Å². The van der Waals surface area contributed by atoms with E-state index in [1.165, 1.54) is 0 Å². The van der Waals surface area contributed by atoms with Gasteiger partial charge in [-0.15, -0.1) is 0 Å². The van der Waals surface area contributed by atoms with Crippen LogP contribution in [0.2, 0.25) is 0 Å². The zero-order chi connectivity index (χ0) is 16.8. The van der Waals surface area contributed by atoms with Crippen LogP contribution in [0.25, 0.3) is 0 Å². The molecule has 0 radical (unpaired) electrons. The van der Waals surface area contributed by atoms with Crippen molar-refractivity contribution in [1.29, 1.82) is 0 Å². The molecule has 6 nitrogen and oxygen atoms in total.